The van der Waals surface area contributed by atoms with Gasteiger partial charge in [0.1, 0.15) is 0 Å². The lowest BCUT2D eigenvalue weighted by Gasteiger charge is -2.29. The van der Waals surface area contributed by atoms with E-state index in [0.29, 0.717) is 0 Å². The molecule has 2 nitrogen and oxygen atoms in total. The molecule has 1 aromatic carbocycles. The van der Waals surface area contributed by atoms with E-state index in [1.54, 1.807) is 0 Å². The van der Waals surface area contributed by atoms with Crippen LogP contribution in [0.15, 0.2) is 18.2 Å². The van der Waals surface area contributed by atoms with E-state index in [1.807, 2.05) is 0 Å². The maximum atomic E-state index is 3.48. The normalized spacial score (nSPS) is 18.6. The molecule has 1 heterocycles. The van der Waals surface area contributed by atoms with Gasteiger partial charge in [0.25, 0.3) is 0 Å². The summed E-state index contributed by atoms with van der Waals surface area (Å²) >= 11 is 0. The average molecular weight is 283 g/mol. The van der Waals surface area contributed by atoms with Crippen LogP contribution in [0.3, 0.4) is 0 Å². The van der Waals surface area contributed by atoms with Crippen molar-refractivity contribution < 1.29 is 0 Å². The van der Waals surface area contributed by atoms with Crippen molar-refractivity contribution in [3.8, 4) is 0 Å². The summed E-state index contributed by atoms with van der Waals surface area (Å²) in [5, 5.41) is 3.48. The Morgan fingerprint density at radius 2 is 1.95 bits per heavy atom. The van der Waals surface area contributed by atoms with E-state index in [4.69, 9.17) is 0 Å². The van der Waals surface area contributed by atoms with E-state index in [9.17, 15) is 0 Å². The van der Waals surface area contributed by atoms with Gasteiger partial charge in [-0.05, 0) is 56.5 Å². The van der Waals surface area contributed by atoms with Crippen molar-refractivity contribution in [1.82, 2.24) is 10.2 Å². The summed E-state index contributed by atoms with van der Waals surface area (Å²) < 4.78 is 0. The highest BCUT2D eigenvalue weighted by Crippen LogP contribution is 2.19. The highest BCUT2D eigenvalue weighted by atomic mass is 35.5. The minimum atomic E-state index is 0. The first-order valence-electron chi connectivity index (χ1n) is 7.22. The molecule has 0 saturated carbocycles. The summed E-state index contributed by atoms with van der Waals surface area (Å²) in [4.78, 5) is 2.66. The third-order valence-electron chi connectivity index (χ3n) is 4.07. The third kappa shape index (κ3) is 4.20. The Morgan fingerprint density at radius 1 is 1.26 bits per heavy atom. The summed E-state index contributed by atoms with van der Waals surface area (Å²) in [6, 6.07) is 7.36. The molecular formula is C16H27ClN2. The van der Waals surface area contributed by atoms with Crippen LogP contribution < -0.4 is 5.32 Å². The predicted molar refractivity (Wildman–Crippen MR) is 85.1 cm³/mol. The Morgan fingerprint density at radius 3 is 2.47 bits per heavy atom. The SMILES string of the molecule is CCCN(Cc1c(C)cccc1C)C1CCNC1.Cl. The summed E-state index contributed by atoms with van der Waals surface area (Å²) in [5.41, 5.74) is 4.39. The molecule has 1 aliphatic rings. The van der Waals surface area contributed by atoms with Crippen molar-refractivity contribution in [2.75, 3.05) is 19.6 Å². The molecule has 1 unspecified atom stereocenters. The quantitative estimate of drug-likeness (QED) is 0.891. The van der Waals surface area contributed by atoms with Gasteiger partial charge in [0.05, 0.1) is 0 Å². The first kappa shape index (κ1) is 16.5. The van der Waals surface area contributed by atoms with E-state index in [1.165, 1.54) is 42.6 Å². The summed E-state index contributed by atoms with van der Waals surface area (Å²) in [7, 11) is 0. The highest BCUT2D eigenvalue weighted by molar-refractivity contribution is 5.85. The minimum Gasteiger partial charge on any atom is -0.315 e. The van der Waals surface area contributed by atoms with Crippen LogP contribution in [0, 0.1) is 13.8 Å². The van der Waals surface area contributed by atoms with Gasteiger partial charge in [-0.25, -0.2) is 0 Å². The summed E-state index contributed by atoms with van der Waals surface area (Å²) in [6.45, 7) is 11.4. The van der Waals surface area contributed by atoms with Crippen LogP contribution in [0.25, 0.3) is 0 Å². The van der Waals surface area contributed by atoms with Gasteiger partial charge < -0.3 is 5.32 Å². The first-order chi connectivity index (χ1) is 8.72. The molecule has 0 aromatic heterocycles. The molecule has 1 fully saturated rings. The maximum absolute atomic E-state index is 3.48. The molecule has 1 atom stereocenters. The second-order valence-corrected chi connectivity index (χ2v) is 5.49. The molecule has 0 aliphatic carbocycles. The Hall–Kier alpha value is -0.570. The number of aryl methyl sites for hydroxylation is 2. The molecule has 19 heavy (non-hydrogen) atoms. The zero-order valence-corrected chi connectivity index (χ0v) is 13.2. The van der Waals surface area contributed by atoms with E-state index in [0.717, 1.165) is 19.1 Å². The number of hydrogen-bond acceptors (Lipinski definition) is 2. The van der Waals surface area contributed by atoms with Crippen molar-refractivity contribution in [2.24, 2.45) is 0 Å². The minimum absolute atomic E-state index is 0. The molecule has 108 valence electrons. The molecule has 1 aliphatic heterocycles. The van der Waals surface area contributed by atoms with Gasteiger partial charge in [-0.1, -0.05) is 25.1 Å². The van der Waals surface area contributed by atoms with E-state index < -0.39 is 0 Å². The van der Waals surface area contributed by atoms with Gasteiger partial charge >= 0.3 is 0 Å². The Balaban J connectivity index is 0.00000180. The van der Waals surface area contributed by atoms with Crippen LogP contribution >= 0.6 is 12.4 Å². The van der Waals surface area contributed by atoms with Crippen molar-refractivity contribution in [3.63, 3.8) is 0 Å². The number of nitrogens with zero attached hydrogens (tertiary/aromatic N) is 1. The van der Waals surface area contributed by atoms with Gasteiger partial charge in [-0.15, -0.1) is 12.4 Å². The lowest BCUT2D eigenvalue weighted by molar-refractivity contribution is 0.199. The molecular weight excluding hydrogens is 256 g/mol. The van der Waals surface area contributed by atoms with Crippen molar-refractivity contribution in [3.05, 3.63) is 34.9 Å². The average Bonchev–Trinajstić information content (AvgIpc) is 2.86. The Bertz CT molecular complexity index is 366. The molecule has 1 saturated heterocycles. The molecule has 0 amide bonds. The molecule has 0 bridgehead atoms. The topological polar surface area (TPSA) is 15.3 Å². The number of benzene rings is 1. The highest BCUT2D eigenvalue weighted by Gasteiger charge is 2.22. The molecule has 0 spiro atoms. The molecule has 3 heteroatoms. The van der Waals surface area contributed by atoms with Crippen LogP contribution in [0.1, 0.15) is 36.5 Å². The molecule has 2 rings (SSSR count). The fourth-order valence-electron chi connectivity index (χ4n) is 2.93. The standard InChI is InChI=1S/C16H26N2.ClH/c1-4-10-18(15-8-9-17-11-15)12-16-13(2)6-5-7-14(16)3;/h5-7,15,17H,4,8-12H2,1-3H3;1H. The largest absolute Gasteiger partial charge is 0.315 e. The van der Waals surface area contributed by atoms with Crippen LogP contribution in [0.2, 0.25) is 0 Å². The van der Waals surface area contributed by atoms with E-state index in [-0.39, 0.29) is 12.4 Å². The zero-order valence-electron chi connectivity index (χ0n) is 12.4. The van der Waals surface area contributed by atoms with Gasteiger partial charge in [0, 0.05) is 19.1 Å². The monoisotopic (exact) mass is 282 g/mol. The van der Waals surface area contributed by atoms with Crippen molar-refractivity contribution in [1.29, 1.82) is 0 Å². The van der Waals surface area contributed by atoms with Gasteiger partial charge in [-0.2, -0.15) is 0 Å². The Labute approximate surface area is 124 Å². The number of hydrogen-bond donors (Lipinski definition) is 1. The van der Waals surface area contributed by atoms with Crippen LogP contribution in [0.4, 0.5) is 0 Å². The van der Waals surface area contributed by atoms with Crippen LogP contribution in [0.5, 0.6) is 0 Å². The fraction of sp³-hybridized carbons (Fsp3) is 0.625. The van der Waals surface area contributed by atoms with Crippen molar-refractivity contribution in [2.45, 2.75) is 46.2 Å². The number of rotatable bonds is 5. The first-order valence-corrected chi connectivity index (χ1v) is 7.22. The Kier molecular flexibility index (Phi) is 6.84. The van der Waals surface area contributed by atoms with Gasteiger partial charge in [0.2, 0.25) is 0 Å². The maximum Gasteiger partial charge on any atom is 0.0242 e. The summed E-state index contributed by atoms with van der Waals surface area (Å²) in [5.74, 6) is 0. The smallest absolute Gasteiger partial charge is 0.0242 e. The van der Waals surface area contributed by atoms with Crippen LogP contribution in [-0.2, 0) is 6.54 Å². The predicted octanol–water partition coefficient (Wildman–Crippen LogP) is 3.30. The number of halogens is 1. The molecule has 1 aromatic rings. The third-order valence-corrected chi connectivity index (χ3v) is 4.07. The number of nitrogens with one attached hydrogen (secondary N) is 1. The lowest BCUT2D eigenvalue weighted by atomic mass is 10.0. The zero-order chi connectivity index (χ0) is 13.0. The van der Waals surface area contributed by atoms with Gasteiger partial charge in [-0.3, -0.25) is 4.90 Å². The van der Waals surface area contributed by atoms with E-state index in [2.05, 4.69) is 49.2 Å². The molecule has 0 radical (unpaired) electrons. The van der Waals surface area contributed by atoms with Crippen LogP contribution in [-0.4, -0.2) is 30.6 Å². The lowest BCUT2D eigenvalue weighted by Crippen LogP contribution is -2.37. The van der Waals surface area contributed by atoms with Gasteiger partial charge in [0.15, 0.2) is 0 Å². The second-order valence-electron chi connectivity index (χ2n) is 5.49. The van der Waals surface area contributed by atoms with Crippen molar-refractivity contribution >= 4 is 12.4 Å². The fourth-order valence-corrected chi connectivity index (χ4v) is 2.93. The van der Waals surface area contributed by atoms with E-state index >= 15 is 0 Å². The summed E-state index contributed by atoms with van der Waals surface area (Å²) in [6.07, 6.45) is 2.53. The second kappa shape index (κ2) is 7.88. The molecule has 1 N–H and O–H groups in total.